The summed E-state index contributed by atoms with van der Waals surface area (Å²) >= 11 is 7.09. The molecule has 1 aliphatic carbocycles. The summed E-state index contributed by atoms with van der Waals surface area (Å²) in [7, 11) is 0. The minimum atomic E-state index is 0.326. The number of nitrogens with one attached hydrogen (secondary N) is 1. The van der Waals surface area contributed by atoms with Crippen LogP contribution in [0.15, 0.2) is 21.1 Å². The zero-order valence-corrected chi connectivity index (χ0v) is 14.6. The van der Waals surface area contributed by atoms with Gasteiger partial charge in [-0.2, -0.15) is 0 Å². The summed E-state index contributed by atoms with van der Waals surface area (Å²) in [4.78, 5) is 2.52. The van der Waals surface area contributed by atoms with Crippen LogP contribution in [0.4, 0.5) is 0 Å². The van der Waals surface area contributed by atoms with Crippen molar-refractivity contribution >= 4 is 31.9 Å². The SMILES string of the molecule is Oc1cc(Br)cc(Br)c1[C@@H](CC1CC1)N1CCNCC1. The summed E-state index contributed by atoms with van der Waals surface area (Å²) in [6.07, 6.45) is 3.85. The molecule has 1 saturated heterocycles. The molecule has 1 heterocycles. The largest absolute Gasteiger partial charge is 0.508 e. The molecule has 0 spiro atoms. The molecule has 2 fully saturated rings. The van der Waals surface area contributed by atoms with Gasteiger partial charge in [0.1, 0.15) is 5.75 Å². The van der Waals surface area contributed by atoms with E-state index in [4.69, 9.17) is 0 Å². The van der Waals surface area contributed by atoms with Crippen LogP contribution >= 0.6 is 31.9 Å². The fourth-order valence-corrected chi connectivity index (χ4v) is 4.48. The maximum Gasteiger partial charge on any atom is 0.122 e. The highest BCUT2D eigenvalue weighted by Crippen LogP contribution is 2.45. The highest BCUT2D eigenvalue weighted by Gasteiger charge is 2.32. The molecule has 1 atom stereocenters. The van der Waals surface area contributed by atoms with Gasteiger partial charge in [0.2, 0.25) is 0 Å². The number of hydrogen-bond donors (Lipinski definition) is 2. The smallest absolute Gasteiger partial charge is 0.122 e. The third kappa shape index (κ3) is 3.38. The van der Waals surface area contributed by atoms with Crippen molar-refractivity contribution in [3.8, 4) is 5.75 Å². The predicted octanol–water partition coefficient (Wildman–Crippen LogP) is 3.66. The summed E-state index contributed by atoms with van der Waals surface area (Å²) in [6, 6.07) is 4.17. The van der Waals surface area contributed by atoms with E-state index in [1.54, 1.807) is 0 Å². The zero-order valence-electron chi connectivity index (χ0n) is 11.4. The van der Waals surface area contributed by atoms with Gasteiger partial charge in [0.25, 0.3) is 0 Å². The van der Waals surface area contributed by atoms with Crippen LogP contribution < -0.4 is 5.32 Å². The number of nitrogens with zero attached hydrogens (tertiary/aromatic N) is 1. The Bertz CT molecular complexity index is 462. The minimum absolute atomic E-state index is 0.326. The molecule has 2 N–H and O–H groups in total. The highest BCUT2D eigenvalue weighted by atomic mass is 79.9. The number of benzene rings is 1. The molecule has 110 valence electrons. The number of phenols is 1. The van der Waals surface area contributed by atoms with Crippen LogP contribution in [-0.2, 0) is 0 Å². The molecule has 0 radical (unpaired) electrons. The summed E-state index contributed by atoms with van der Waals surface area (Å²) < 4.78 is 1.92. The Balaban J connectivity index is 1.91. The van der Waals surface area contributed by atoms with E-state index < -0.39 is 0 Å². The lowest BCUT2D eigenvalue weighted by molar-refractivity contribution is 0.157. The van der Waals surface area contributed by atoms with Crippen LogP contribution in [-0.4, -0.2) is 36.2 Å². The molecule has 0 amide bonds. The van der Waals surface area contributed by atoms with Gasteiger partial charge in [-0.3, -0.25) is 4.90 Å². The van der Waals surface area contributed by atoms with Gasteiger partial charge < -0.3 is 10.4 Å². The van der Waals surface area contributed by atoms with Crippen molar-refractivity contribution < 1.29 is 5.11 Å². The van der Waals surface area contributed by atoms with Crippen LogP contribution in [0.3, 0.4) is 0 Å². The van der Waals surface area contributed by atoms with Crippen molar-refractivity contribution in [2.75, 3.05) is 26.2 Å². The third-order valence-corrected chi connectivity index (χ3v) is 5.37. The topological polar surface area (TPSA) is 35.5 Å². The van der Waals surface area contributed by atoms with Gasteiger partial charge in [-0.1, -0.05) is 44.7 Å². The Morgan fingerprint density at radius 2 is 1.95 bits per heavy atom. The van der Waals surface area contributed by atoms with Gasteiger partial charge in [0.15, 0.2) is 0 Å². The molecule has 1 aromatic rings. The first-order valence-electron chi connectivity index (χ1n) is 7.28. The predicted molar refractivity (Wildman–Crippen MR) is 88.0 cm³/mol. The molecular formula is C15H20Br2N2O. The molecule has 2 aliphatic rings. The van der Waals surface area contributed by atoms with Crippen LogP contribution in [0.5, 0.6) is 5.75 Å². The van der Waals surface area contributed by atoms with Crippen molar-refractivity contribution in [1.82, 2.24) is 10.2 Å². The molecule has 20 heavy (non-hydrogen) atoms. The number of rotatable bonds is 4. The summed E-state index contributed by atoms with van der Waals surface area (Å²) in [5.41, 5.74) is 1.06. The fraction of sp³-hybridized carbons (Fsp3) is 0.600. The molecule has 1 aliphatic heterocycles. The number of phenolic OH excluding ortho intramolecular Hbond substituents is 1. The van der Waals surface area contributed by atoms with Crippen LogP contribution in [0.25, 0.3) is 0 Å². The maximum absolute atomic E-state index is 10.4. The Hall–Kier alpha value is -0.100. The molecule has 0 bridgehead atoms. The van der Waals surface area contributed by atoms with E-state index >= 15 is 0 Å². The van der Waals surface area contributed by atoms with E-state index in [1.807, 2.05) is 12.1 Å². The van der Waals surface area contributed by atoms with Crippen molar-refractivity contribution in [3.63, 3.8) is 0 Å². The Labute approximate surface area is 137 Å². The molecule has 3 rings (SSSR count). The van der Waals surface area contributed by atoms with E-state index in [1.165, 1.54) is 12.8 Å². The maximum atomic E-state index is 10.4. The fourth-order valence-electron chi connectivity index (χ4n) is 3.01. The second-order valence-corrected chi connectivity index (χ2v) is 7.57. The molecule has 5 heteroatoms. The van der Waals surface area contributed by atoms with Gasteiger partial charge in [0, 0.05) is 46.7 Å². The van der Waals surface area contributed by atoms with Gasteiger partial charge in [-0.05, 0) is 24.5 Å². The summed E-state index contributed by atoms with van der Waals surface area (Å²) in [5.74, 6) is 1.24. The molecule has 1 saturated carbocycles. The van der Waals surface area contributed by atoms with Crippen LogP contribution in [0.1, 0.15) is 30.9 Å². The lowest BCUT2D eigenvalue weighted by Gasteiger charge is -2.36. The second-order valence-electron chi connectivity index (χ2n) is 5.80. The molecular weight excluding hydrogens is 384 g/mol. The van der Waals surface area contributed by atoms with Crippen molar-refractivity contribution in [1.29, 1.82) is 0 Å². The Morgan fingerprint density at radius 1 is 1.25 bits per heavy atom. The number of aromatic hydroxyl groups is 1. The van der Waals surface area contributed by atoms with E-state index in [9.17, 15) is 5.11 Å². The number of halogens is 2. The lowest BCUT2D eigenvalue weighted by atomic mass is 9.97. The van der Waals surface area contributed by atoms with E-state index in [-0.39, 0.29) is 0 Å². The van der Waals surface area contributed by atoms with Crippen molar-refractivity contribution in [2.24, 2.45) is 5.92 Å². The normalized spacial score (nSPS) is 21.9. The third-order valence-electron chi connectivity index (χ3n) is 4.25. The first kappa shape index (κ1) is 14.8. The van der Waals surface area contributed by atoms with Crippen LogP contribution in [0.2, 0.25) is 0 Å². The molecule has 1 aromatic carbocycles. The second kappa shape index (κ2) is 6.34. The van der Waals surface area contributed by atoms with Gasteiger partial charge in [0.05, 0.1) is 0 Å². The minimum Gasteiger partial charge on any atom is -0.508 e. The Morgan fingerprint density at radius 3 is 2.55 bits per heavy atom. The number of piperazine rings is 1. The van der Waals surface area contributed by atoms with E-state index in [0.29, 0.717) is 11.8 Å². The molecule has 0 unspecified atom stereocenters. The highest BCUT2D eigenvalue weighted by molar-refractivity contribution is 9.11. The summed E-state index contributed by atoms with van der Waals surface area (Å²) in [5, 5.41) is 13.8. The lowest BCUT2D eigenvalue weighted by Crippen LogP contribution is -2.45. The Kier molecular flexibility index (Phi) is 4.70. The zero-order chi connectivity index (χ0) is 14.1. The van der Waals surface area contributed by atoms with Crippen LogP contribution in [0, 0.1) is 5.92 Å². The summed E-state index contributed by atoms with van der Waals surface area (Å²) in [6.45, 7) is 4.19. The van der Waals surface area contributed by atoms with Crippen molar-refractivity contribution in [2.45, 2.75) is 25.3 Å². The van der Waals surface area contributed by atoms with Gasteiger partial charge in [-0.25, -0.2) is 0 Å². The van der Waals surface area contributed by atoms with Crippen molar-refractivity contribution in [3.05, 3.63) is 26.6 Å². The monoisotopic (exact) mass is 402 g/mol. The average molecular weight is 404 g/mol. The molecule has 0 aromatic heterocycles. The molecule has 3 nitrogen and oxygen atoms in total. The first-order valence-corrected chi connectivity index (χ1v) is 8.86. The van der Waals surface area contributed by atoms with Gasteiger partial charge >= 0.3 is 0 Å². The number of hydrogen-bond acceptors (Lipinski definition) is 3. The first-order chi connectivity index (χ1) is 9.65. The quantitative estimate of drug-likeness (QED) is 0.805. The van der Waals surface area contributed by atoms with E-state index in [0.717, 1.165) is 53.0 Å². The van der Waals surface area contributed by atoms with E-state index in [2.05, 4.69) is 42.1 Å². The average Bonchev–Trinajstić information content (AvgIpc) is 3.21. The van der Waals surface area contributed by atoms with Gasteiger partial charge in [-0.15, -0.1) is 0 Å². The standard InChI is InChI=1S/C15H20Br2N2O/c16-11-8-12(17)15(14(20)9-11)13(7-10-1-2-10)19-5-3-18-4-6-19/h8-10,13,18,20H,1-7H2/t13-/m1/s1.